The first-order valence-electron chi connectivity index (χ1n) is 6.35. The van der Waals surface area contributed by atoms with Gasteiger partial charge in [0.2, 0.25) is 6.79 Å². The number of rotatable bonds is 3. The fraction of sp³-hybridized carbons (Fsp3) is 0.200. The molecule has 110 valence electrons. The minimum atomic E-state index is -0.277. The van der Waals surface area contributed by atoms with Gasteiger partial charge in [0.1, 0.15) is 5.82 Å². The van der Waals surface area contributed by atoms with Crippen molar-refractivity contribution in [3.05, 3.63) is 51.2 Å². The van der Waals surface area contributed by atoms with Gasteiger partial charge in [0.15, 0.2) is 11.5 Å². The molecule has 3 nitrogen and oxygen atoms in total. The third kappa shape index (κ3) is 2.94. The summed E-state index contributed by atoms with van der Waals surface area (Å²) in [6.45, 7) is 2.05. The van der Waals surface area contributed by atoms with Gasteiger partial charge < -0.3 is 14.8 Å². The van der Waals surface area contributed by atoms with Crippen LogP contribution in [0, 0.1) is 5.82 Å². The molecule has 0 spiro atoms. The summed E-state index contributed by atoms with van der Waals surface area (Å²) >= 11 is 9.45. The van der Waals surface area contributed by atoms with Gasteiger partial charge in [-0.2, -0.15) is 0 Å². The molecule has 1 aliphatic rings. The third-order valence-electron chi connectivity index (χ3n) is 3.26. The van der Waals surface area contributed by atoms with E-state index in [0.29, 0.717) is 32.2 Å². The van der Waals surface area contributed by atoms with Crippen molar-refractivity contribution in [1.82, 2.24) is 0 Å². The van der Waals surface area contributed by atoms with Gasteiger partial charge in [-0.1, -0.05) is 33.6 Å². The standard InChI is InChI=1S/C15H12BrClFNO2/c1-8(10-3-2-9(16)4-12(10)18)19-13-6-15-14(5-11(13)17)20-7-21-15/h2-6,8,19H,7H2,1H3. The molecule has 21 heavy (non-hydrogen) atoms. The van der Waals surface area contributed by atoms with Crippen molar-refractivity contribution >= 4 is 33.2 Å². The minimum Gasteiger partial charge on any atom is -0.454 e. The monoisotopic (exact) mass is 371 g/mol. The maximum absolute atomic E-state index is 14.0. The molecule has 6 heteroatoms. The Morgan fingerprint density at radius 2 is 1.95 bits per heavy atom. The smallest absolute Gasteiger partial charge is 0.231 e. The highest BCUT2D eigenvalue weighted by molar-refractivity contribution is 9.10. The van der Waals surface area contributed by atoms with Gasteiger partial charge in [-0.3, -0.25) is 0 Å². The van der Waals surface area contributed by atoms with Crippen LogP contribution in [0.2, 0.25) is 5.02 Å². The molecule has 2 aromatic carbocycles. The topological polar surface area (TPSA) is 30.5 Å². The predicted molar refractivity (Wildman–Crippen MR) is 83.7 cm³/mol. The second-order valence-corrected chi connectivity index (χ2v) is 6.04. The lowest BCUT2D eigenvalue weighted by atomic mass is 10.1. The highest BCUT2D eigenvalue weighted by Crippen LogP contribution is 2.40. The largest absolute Gasteiger partial charge is 0.454 e. The van der Waals surface area contributed by atoms with E-state index in [1.165, 1.54) is 6.07 Å². The van der Waals surface area contributed by atoms with E-state index in [-0.39, 0.29) is 18.7 Å². The van der Waals surface area contributed by atoms with Crippen LogP contribution in [0.5, 0.6) is 11.5 Å². The van der Waals surface area contributed by atoms with Gasteiger partial charge in [0.05, 0.1) is 16.8 Å². The summed E-state index contributed by atoms with van der Waals surface area (Å²) in [7, 11) is 0. The summed E-state index contributed by atoms with van der Waals surface area (Å²) in [5.41, 5.74) is 1.24. The van der Waals surface area contributed by atoms with E-state index in [0.717, 1.165) is 0 Å². The molecule has 2 aromatic rings. The molecule has 1 aliphatic heterocycles. The van der Waals surface area contributed by atoms with Gasteiger partial charge in [-0.25, -0.2) is 4.39 Å². The normalized spacial score (nSPS) is 14.1. The summed E-state index contributed by atoms with van der Waals surface area (Å²) in [6.07, 6.45) is 0. The fourth-order valence-electron chi connectivity index (χ4n) is 2.19. The van der Waals surface area contributed by atoms with Gasteiger partial charge >= 0.3 is 0 Å². The number of benzene rings is 2. The molecule has 1 heterocycles. The Labute approximate surface area is 135 Å². The Morgan fingerprint density at radius 1 is 1.24 bits per heavy atom. The van der Waals surface area contributed by atoms with Crippen LogP contribution in [0.25, 0.3) is 0 Å². The first kappa shape index (κ1) is 14.5. The number of nitrogens with one attached hydrogen (secondary N) is 1. The lowest BCUT2D eigenvalue weighted by Gasteiger charge is -2.18. The van der Waals surface area contributed by atoms with Crippen molar-refractivity contribution in [2.75, 3.05) is 12.1 Å². The van der Waals surface area contributed by atoms with Crippen LogP contribution < -0.4 is 14.8 Å². The number of ether oxygens (including phenoxy) is 2. The zero-order valence-electron chi connectivity index (χ0n) is 11.1. The Morgan fingerprint density at radius 3 is 2.67 bits per heavy atom. The second-order valence-electron chi connectivity index (χ2n) is 4.72. The van der Waals surface area contributed by atoms with Crippen LogP contribution in [0.3, 0.4) is 0 Å². The highest BCUT2D eigenvalue weighted by Gasteiger charge is 2.18. The van der Waals surface area contributed by atoms with E-state index in [2.05, 4.69) is 21.2 Å². The third-order valence-corrected chi connectivity index (χ3v) is 4.07. The average molecular weight is 373 g/mol. The van der Waals surface area contributed by atoms with Gasteiger partial charge in [0, 0.05) is 22.2 Å². The van der Waals surface area contributed by atoms with Crippen molar-refractivity contribution in [2.45, 2.75) is 13.0 Å². The molecule has 0 aliphatic carbocycles. The summed E-state index contributed by atoms with van der Waals surface area (Å²) < 4.78 is 25.3. The minimum absolute atomic E-state index is 0.187. The van der Waals surface area contributed by atoms with E-state index in [1.807, 2.05) is 6.92 Å². The lowest BCUT2D eigenvalue weighted by molar-refractivity contribution is 0.174. The Bertz CT molecular complexity index is 696. The number of hydrogen-bond donors (Lipinski definition) is 1. The van der Waals surface area contributed by atoms with Gasteiger partial charge in [0.25, 0.3) is 0 Å². The molecule has 0 bridgehead atoms. The molecule has 1 N–H and O–H groups in total. The SMILES string of the molecule is CC(Nc1cc2c(cc1Cl)OCO2)c1ccc(Br)cc1F. The van der Waals surface area contributed by atoms with Crippen molar-refractivity contribution in [2.24, 2.45) is 0 Å². The molecule has 0 fully saturated rings. The molecule has 3 rings (SSSR count). The first-order valence-corrected chi connectivity index (χ1v) is 7.52. The lowest BCUT2D eigenvalue weighted by Crippen LogP contribution is -2.09. The van der Waals surface area contributed by atoms with Crippen LogP contribution in [-0.4, -0.2) is 6.79 Å². The van der Waals surface area contributed by atoms with Crippen molar-refractivity contribution < 1.29 is 13.9 Å². The molecule has 0 radical (unpaired) electrons. The summed E-state index contributed by atoms with van der Waals surface area (Å²) in [5.74, 6) is 0.972. The molecule has 0 aromatic heterocycles. The Balaban J connectivity index is 1.86. The highest BCUT2D eigenvalue weighted by atomic mass is 79.9. The molecular weight excluding hydrogens is 361 g/mol. The van der Waals surface area contributed by atoms with E-state index in [9.17, 15) is 4.39 Å². The molecule has 1 atom stereocenters. The van der Waals surface area contributed by atoms with Crippen LogP contribution >= 0.6 is 27.5 Å². The van der Waals surface area contributed by atoms with Crippen LogP contribution in [0.1, 0.15) is 18.5 Å². The quantitative estimate of drug-likeness (QED) is 0.809. The number of anilines is 1. The van der Waals surface area contributed by atoms with Gasteiger partial charge in [-0.05, 0) is 19.1 Å². The fourth-order valence-corrected chi connectivity index (χ4v) is 2.73. The van der Waals surface area contributed by atoms with E-state index in [1.54, 1.807) is 24.3 Å². The first-order chi connectivity index (χ1) is 10.0. The summed E-state index contributed by atoms with van der Waals surface area (Å²) in [4.78, 5) is 0. The Kier molecular flexibility index (Phi) is 3.95. The number of halogens is 3. The van der Waals surface area contributed by atoms with Crippen LogP contribution in [0.4, 0.5) is 10.1 Å². The molecule has 0 amide bonds. The van der Waals surface area contributed by atoms with Crippen LogP contribution in [-0.2, 0) is 0 Å². The van der Waals surface area contributed by atoms with Gasteiger partial charge in [-0.15, -0.1) is 0 Å². The molecule has 0 saturated carbocycles. The van der Waals surface area contributed by atoms with Crippen molar-refractivity contribution in [3.8, 4) is 11.5 Å². The predicted octanol–water partition coefficient (Wildman–Crippen LogP) is 5.14. The zero-order valence-corrected chi connectivity index (χ0v) is 13.5. The summed E-state index contributed by atoms with van der Waals surface area (Å²) in [6, 6.07) is 8.19. The number of hydrogen-bond acceptors (Lipinski definition) is 3. The van der Waals surface area contributed by atoms with Crippen molar-refractivity contribution in [3.63, 3.8) is 0 Å². The second kappa shape index (κ2) is 5.73. The maximum atomic E-state index is 14.0. The van der Waals surface area contributed by atoms with Crippen LogP contribution in [0.15, 0.2) is 34.8 Å². The molecule has 0 saturated heterocycles. The maximum Gasteiger partial charge on any atom is 0.231 e. The summed E-state index contributed by atoms with van der Waals surface area (Å²) in [5, 5.41) is 3.70. The van der Waals surface area contributed by atoms with E-state index < -0.39 is 0 Å². The number of fused-ring (bicyclic) bond motifs is 1. The molecular formula is C15H12BrClFNO2. The Hall–Kier alpha value is -1.46. The molecule has 1 unspecified atom stereocenters. The van der Waals surface area contributed by atoms with Crippen molar-refractivity contribution in [1.29, 1.82) is 0 Å². The zero-order chi connectivity index (χ0) is 15.0. The van der Waals surface area contributed by atoms with E-state index >= 15 is 0 Å². The average Bonchev–Trinajstić information content (AvgIpc) is 2.86. The van der Waals surface area contributed by atoms with E-state index in [4.69, 9.17) is 21.1 Å².